The monoisotopic (exact) mass is 517 g/mol. The van der Waals surface area contributed by atoms with E-state index in [2.05, 4.69) is 52.7 Å². The molecule has 11 heteroatoms. The van der Waals surface area contributed by atoms with Gasteiger partial charge < -0.3 is 41.5 Å². The highest BCUT2D eigenvalue weighted by Gasteiger charge is 2.22. The number of Topliss-reactive ketones (excluding diaryl/α,β-unsaturated/α-hetero) is 1. The molecule has 1 heterocycles. The van der Waals surface area contributed by atoms with Crippen LogP contribution in [0.25, 0.3) is 5.70 Å². The molecule has 0 bridgehead atoms. The van der Waals surface area contributed by atoms with E-state index in [4.69, 9.17) is 10.5 Å². The van der Waals surface area contributed by atoms with Gasteiger partial charge in [0.25, 0.3) is 0 Å². The van der Waals surface area contributed by atoms with Gasteiger partial charge in [0.05, 0.1) is 30.4 Å². The molecule has 0 aromatic heterocycles. The van der Waals surface area contributed by atoms with Crippen LogP contribution in [0.2, 0.25) is 0 Å². The summed E-state index contributed by atoms with van der Waals surface area (Å²) in [5.74, 6) is 0.940. The molecule has 1 aliphatic heterocycles. The average molecular weight is 518 g/mol. The molecule has 0 saturated carbocycles. The van der Waals surface area contributed by atoms with E-state index in [1.54, 1.807) is 14.1 Å². The molecule has 1 unspecified atom stereocenters. The van der Waals surface area contributed by atoms with E-state index in [1.807, 2.05) is 24.5 Å². The first-order valence-corrected chi connectivity index (χ1v) is 12.9. The van der Waals surface area contributed by atoms with E-state index in [-0.39, 0.29) is 35.3 Å². The van der Waals surface area contributed by atoms with Crippen molar-refractivity contribution in [2.24, 2.45) is 5.73 Å². The quantitative estimate of drug-likeness (QED) is 0.234. The van der Waals surface area contributed by atoms with E-state index in [1.165, 1.54) is 23.6 Å². The van der Waals surface area contributed by atoms with Crippen LogP contribution in [0.1, 0.15) is 33.3 Å². The molecule has 0 fully saturated rings. The van der Waals surface area contributed by atoms with Gasteiger partial charge in [-0.2, -0.15) is 0 Å². The summed E-state index contributed by atoms with van der Waals surface area (Å²) in [6.07, 6.45) is 0. The number of carbonyl (C=O) groups is 2. The van der Waals surface area contributed by atoms with Gasteiger partial charge >= 0.3 is 0 Å². The lowest BCUT2D eigenvalue weighted by atomic mass is 10.1. The minimum absolute atomic E-state index is 0.114. The zero-order valence-corrected chi connectivity index (χ0v) is 22.8. The van der Waals surface area contributed by atoms with Crippen LogP contribution in [0.4, 0.5) is 5.69 Å². The van der Waals surface area contributed by atoms with Crippen molar-refractivity contribution >= 4 is 34.8 Å². The number of ketones is 1. The molecule has 10 nitrogen and oxygen atoms in total. The molecule has 0 spiro atoms. The SMILES string of the molecule is C=C(NC)N(C)/C(N)=C(/NCC(=O)NC1NC(c2ccc(N(CC)CC)c(OCC)c2)=CS1)C(C)=O. The van der Waals surface area contributed by atoms with Gasteiger partial charge in [0.2, 0.25) is 5.91 Å². The number of anilines is 1. The van der Waals surface area contributed by atoms with E-state index in [0.717, 1.165) is 35.8 Å². The van der Waals surface area contributed by atoms with Gasteiger partial charge in [0, 0.05) is 39.7 Å². The van der Waals surface area contributed by atoms with Crippen LogP contribution >= 0.6 is 11.8 Å². The summed E-state index contributed by atoms with van der Waals surface area (Å²) in [4.78, 5) is 28.5. The van der Waals surface area contributed by atoms with Gasteiger partial charge in [-0.3, -0.25) is 9.59 Å². The molecule has 1 aliphatic rings. The first-order valence-electron chi connectivity index (χ1n) is 11.9. The lowest BCUT2D eigenvalue weighted by molar-refractivity contribution is -0.120. The Morgan fingerprint density at radius 2 is 1.94 bits per heavy atom. The van der Waals surface area contributed by atoms with E-state index < -0.39 is 0 Å². The Labute approximate surface area is 218 Å². The smallest absolute Gasteiger partial charge is 0.241 e. The molecule has 1 aromatic carbocycles. The third kappa shape index (κ3) is 7.27. The van der Waals surface area contributed by atoms with E-state index >= 15 is 0 Å². The third-order valence-corrected chi connectivity index (χ3v) is 6.54. The highest BCUT2D eigenvalue weighted by Crippen LogP contribution is 2.34. The lowest BCUT2D eigenvalue weighted by Crippen LogP contribution is -2.44. The second-order valence-electron chi connectivity index (χ2n) is 7.97. The summed E-state index contributed by atoms with van der Waals surface area (Å²) in [6.45, 7) is 13.7. The normalized spacial score (nSPS) is 15.2. The number of rotatable bonds is 14. The van der Waals surface area contributed by atoms with Gasteiger partial charge in [-0.1, -0.05) is 24.4 Å². The van der Waals surface area contributed by atoms with Crippen LogP contribution in [0.3, 0.4) is 0 Å². The van der Waals surface area contributed by atoms with Crippen molar-refractivity contribution in [3.63, 3.8) is 0 Å². The number of carbonyl (C=O) groups excluding carboxylic acids is 2. The Morgan fingerprint density at radius 1 is 1.25 bits per heavy atom. The largest absolute Gasteiger partial charge is 0.492 e. The maximum atomic E-state index is 12.6. The van der Waals surface area contributed by atoms with Crippen LogP contribution in [-0.2, 0) is 9.59 Å². The molecule has 0 radical (unpaired) electrons. The third-order valence-electron chi connectivity index (χ3n) is 5.66. The number of benzene rings is 1. The van der Waals surface area contributed by atoms with Gasteiger partial charge in [-0.05, 0) is 38.3 Å². The second kappa shape index (κ2) is 13.6. The molecule has 6 N–H and O–H groups in total. The first-order chi connectivity index (χ1) is 17.2. The minimum atomic E-state index is -0.346. The van der Waals surface area contributed by atoms with Crippen molar-refractivity contribution in [3.05, 3.63) is 53.1 Å². The zero-order chi connectivity index (χ0) is 26.8. The van der Waals surface area contributed by atoms with E-state index in [0.29, 0.717) is 12.4 Å². The molecule has 1 amide bonds. The fraction of sp³-hybridized carbons (Fsp3) is 0.440. The number of nitrogens with one attached hydrogen (secondary N) is 4. The van der Waals surface area contributed by atoms with Crippen LogP contribution in [0.15, 0.2) is 47.5 Å². The van der Waals surface area contributed by atoms with Crippen LogP contribution in [0, 0.1) is 0 Å². The summed E-state index contributed by atoms with van der Waals surface area (Å²) >= 11 is 1.46. The van der Waals surface area contributed by atoms with Crippen molar-refractivity contribution < 1.29 is 14.3 Å². The van der Waals surface area contributed by atoms with Crippen molar-refractivity contribution in [1.29, 1.82) is 0 Å². The minimum Gasteiger partial charge on any atom is -0.492 e. The number of ether oxygens (including phenoxy) is 1. The number of amides is 1. The van der Waals surface area contributed by atoms with Crippen LogP contribution in [-0.4, -0.2) is 62.4 Å². The first kappa shape index (κ1) is 28.8. The number of hydrogen-bond donors (Lipinski definition) is 5. The van der Waals surface area contributed by atoms with Crippen molar-refractivity contribution in [3.8, 4) is 5.75 Å². The number of nitrogens with zero attached hydrogens (tertiary/aromatic N) is 2. The Bertz CT molecular complexity index is 1020. The van der Waals surface area contributed by atoms with Crippen molar-refractivity contribution in [2.45, 2.75) is 33.2 Å². The molecule has 0 aliphatic carbocycles. The predicted octanol–water partition coefficient (Wildman–Crippen LogP) is 1.89. The molecule has 2 rings (SSSR count). The maximum absolute atomic E-state index is 12.6. The number of nitrogens with two attached hydrogens (primary N) is 1. The topological polar surface area (TPSA) is 124 Å². The number of allylic oxidation sites excluding steroid dienone is 1. The molecular formula is C25H39N7O3S. The highest BCUT2D eigenvalue weighted by atomic mass is 32.2. The van der Waals surface area contributed by atoms with E-state index in [9.17, 15) is 9.59 Å². The Morgan fingerprint density at radius 3 is 2.53 bits per heavy atom. The lowest BCUT2D eigenvalue weighted by Gasteiger charge is -2.24. The van der Waals surface area contributed by atoms with Crippen molar-refractivity contribution in [1.82, 2.24) is 26.2 Å². The summed E-state index contributed by atoms with van der Waals surface area (Å²) in [7, 11) is 3.38. The maximum Gasteiger partial charge on any atom is 0.241 e. The zero-order valence-electron chi connectivity index (χ0n) is 22.0. The van der Waals surface area contributed by atoms with Gasteiger partial charge in [0.1, 0.15) is 17.3 Å². The standard InChI is InChI=1S/C25H39N7O3S/c1-8-32(9-2)20-12-11-18(13-21(20)35-10-3)19-15-36-25(29-19)30-22(34)14-28-23(16(4)33)24(26)31(7)17(5)27-6/h11-13,15,25,27-29H,5,8-10,14,26H2,1-4,6-7H3,(H,30,34)/b24-23+. The van der Waals surface area contributed by atoms with Gasteiger partial charge in [-0.25, -0.2) is 0 Å². The predicted molar refractivity (Wildman–Crippen MR) is 148 cm³/mol. The Hall–Kier alpha value is -3.47. The van der Waals surface area contributed by atoms with Crippen molar-refractivity contribution in [2.75, 3.05) is 45.2 Å². The molecule has 198 valence electrons. The molecule has 1 aromatic rings. The fourth-order valence-electron chi connectivity index (χ4n) is 3.59. The molecule has 36 heavy (non-hydrogen) atoms. The molecular weight excluding hydrogens is 478 g/mol. The average Bonchev–Trinajstić information content (AvgIpc) is 3.32. The summed E-state index contributed by atoms with van der Waals surface area (Å²) in [5, 5.41) is 13.9. The van der Waals surface area contributed by atoms with Gasteiger partial charge in [-0.15, -0.1) is 0 Å². The number of hydrogen-bond acceptors (Lipinski definition) is 10. The number of thioether (sulfide) groups is 1. The summed E-state index contributed by atoms with van der Waals surface area (Å²) < 4.78 is 5.91. The molecule has 1 atom stereocenters. The second-order valence-corrected chi connectivity index (χ2v) is 8.95. The Kier molecular flexibility index (Phi) is 10.8. The fourth-order valence-corrected chi connectivity index (χ4v) is 4.46. The highest BCUT2D eigenvalue weighted by molar-refractivity contribution is 8.03. The summed E-state index contributed by atoms with van der Waals surface area (Å²) in [6, 6.07) is 6.13. The Balaban J connectivity index is 2.02. The van der Waals surface area contributed by atoms with Crippen LogP contribution in [0.5, 0.6) is 5.75 Å². The molecule has 0 saturated heterocycles. The van der Waals surface area contributed by atoms with Gasteiger partial charge in [0.15, 0.2) is 11.3 Å². The summed E-state index contributed by atoms with van der Waals surface area (Å²) in [5.41, 5.74) is 8.83. The van der Waals surface area contributed by atoms with Crippen LogP contribution < -0.4 is 36.6 Å².